The summed E-state index contributed by atoms with van der Waals surface area (Å²) in [6.45, 7) is 5.48. The molecule has 0 saturated carbocycles. The number of anilines is 2. The van der Waals surface area contributed by atoms with Gasteiger partial charge in [0.15, 0.2) is 9.96 Å². The number of thiophene rings is 1. The Morgan fingerprint density at radius 2 is 1.82 bits per heavy atom. The Hall–Kier alpha value is -1.71. The lowest BCUT2D eigenvalue weighted by Crippen LogP contribution is -2.36. The van der Waals surface area contributed by atoms with E-state index in [1.54, 1.807) is 13.8 Å². The average Bonchev–Trinajstić information content (AvgIpc) is 2.86. The van der Waals surface area contributed by atoms with Crippen LogP contribution in [0.2, 0.25) is 0 Å². The average molecular weight is 344 g/mol. The SMILES string of the molecule is CCN(CC)S(=O)(=O)c1scc(Nc2c(C)c(=O)c2=O)c1O. The molecule has 0 atom stereocenters. The van der Waals surface area contributed by atoms with Gasteiger partial charge in [-0.25, -0.2) is 8.42 Å². The molecule has 1 heterocycles. The summed E-state index contributed by atoms with van der Waals surface area (Å²) in [5.74, 6) is -0.440. The van der Waals surface area contributed by atoms with Gasteiger partial charge in [-0.05, 0) is 6.92 Å². The van der Waals surface area contributed by atoms with Crippen LogP contribution < -0.4 is 16.2 Å². The fourth-order valence-corrected chi connectivity index (χ4v) is 4.91. The standard InChI is InChI=1S/C13H16N2O5S2/c1-4-15(5-2)22(19,20)13-11(17)8(6-21-13)14-9-7(3)10(16)12(9)18/h6,14,17H,4-5H2,1-3H3. The zero-order valence-electron chi connectivity index (χ0n) is 12.3. The predicted molar refractivity (Wildman–Crippen MR) is 85.5 cm³/mol. The van der Waals surface area contributed by atoms with Crippen LogP contribution in [0, 0.1) is 6.92 Å². The third-order valence-electron chi connectivity index (χ3n) is 3.42. The summed E-state index contributed by atoms with van der Waals surface area (Å²) in [5.41, 5.74) is -0.788. The quantitative estimate of drug-likeness (QED) is 0.762. The summed E-state index contributed by atoms with van der Waals surface area (Å²) in [5, 5.41) is 14.2. The molecule has 0 amide bonds. The molecule has 9 heteroatoms. The molecule has 7 nitrogen and oxygen atoms in total. The lowest BCUT2D eigenvalue weighted by Gasteiger charge is -2.17. The van der Waals surface area contributed by atoms with Crippen molar-refractivity contribution in [2.75, 3.05) is 18.4 Å². The maximum atomic E-state index is 12.4. The lowest BCUT2D eigenvalue weighted by atomic mass is 10.1. The lowest BCUT2D eigenvalue weighted by molar-refractivity contribution is 0.434. The predicted octanol–water partition coefficient (Wildman–Crippen LogP) is 1.13. The molecule has 0 bridgehead atoms. The summed E-state index contributed by atoms with van der Waals surface area (Å²) < 4.78 is 25.8. The molecule has 0 spiro atoms. The normalized spacial score (nSPS) is 12.2. The Labute approximate surface area is 131 Å². The first-order valence-electron chi connectivity index (χ1n) is 6.63. The van der Waals surface area contributed by atoms with E-state index in [1.165, 1.54) is 16.6 Å². The maximum absolute atomic E-state index is 12.4. The van der Waals surface area contributed by atoms with Crippen molar-refractivity contribution in [3.05, 3.63) is 31.4 Å². The van der Waals surface area contributed by atoms with E-state index in [9.17, 15) is 23.1 Å². The Morgan fingerprint density at radius 1 is 1.23 bits per heavy atom. The number of hydrogen-bond acceptors (Lipinski definition) is 7. The fourth-order valence-electron chi connectivity index (χ4n) is 2.08. The van der Waals surface area contributed by atoms with E-state index in [-0.39, 0.29) is 34.2 Å². The first kappa shape index (κ1) is 16.7. The van der Waals surface area contributed by atoms with Gasteiger partial charge in [-0.2, -0.15) is 4.31 Å². The van der Waals surface area contributed by atoms with Gasteiger partial charge in [0.1, 0.15) is 0 Å². The van der Waals surface area contributed by atoms with Gasteiger partial charge in [0.2, 0.25) is 10.9 Å². The molecule has 2 N–H and O–H groups in total. The van der Waals surface area contributed by atoms with Gasteiger partial charge in [0, 0.05) is 24.0 Å². The highest BCUT2D eigenvalue weighted by Crippen LogP contribution is 2.40. The van der Waals surface area contributed by atoms with Crippen molar-refractivity contribution in [1.29, 1.82) is 0 Å². The van der Waals surface area contributed by atoms with E-state index in [1.807, 2.05) is 0 Å². The van der Waals surface area contributed by atoms with E-state index in [4.69, 9.17) is 0 Å². The molecular weight excluding hydrogens is 328 g/mol. The molecule has 2 rings (SSSR count). The van der Waals surface area contributed by atoms with E-state index in [0.717, 1.165) is 11.3 Å². The third kappa shape index (κ3) is 2.44. The van der Waals surface area contributed by atoms with E-state index < -0.39 is 26.6 Å². The minimum atomic E-state index is -3.78. The van der Waals surface area contributed by atoms with Gasteiger partial charge in [0.25, 0.3) is 10.0 Å². The van der Waals surface area contributed by atoms with Crippen LogP contribution in [0.1, 0.15) is 19.4 Å². The van der Waals surface area contributed by atoms with Gasteiger partial charge >= 0.3 is 0 Å². The first-order valence-corrected chi connectivity index (χ1v) is 8.95. The first-order chi connectivity index (χ1) is 10.3. The van der Waals surface area contributed by atoms with Crippen LogP contribution in [-0.4, -0.2) is 30.9 Å². The number of rotatable bonds is 6. The second-order valence-electron chi connectivity index (χ2n) is 4.66. The van der Waals surface area contributed by atoms with E-state index in [0.29, 0.717) is 0 Å². The molecule has 22 heavy (non-hydrogen) atoms. The van der Waals surface area contributed by atoms with Crippen LogP contribution in [0.3, 0.4) is 0 Å². The molecule has 120 valence electrons. The van der Waals surface area contributed by atoms with Crippen molar-refractivity contribution in [2.45, 2.75) is 25.0 Å². The fraction of sp³-hybridized carbons (Fsp3) is 0.385. The molecule has 0 aliphatic heterocycles. The van der Waals surface area contributed by atoms with Gasteiger partial charge < -0.3 is 10.4 Å². The van der Waals surface area contributed by atoms with Crippen molar-refractivity contribution < 1.29 is 13.5 Å². The third-order valence-corrected chi connectivity index (χ3v) is 6.96. The van der Waals surface area contributed by atoms with Crippen molar-refractivity contribution in [3.8, 4) is 5.75 Å². The minimum absolute atomic E-state index is 0.0879. The van der Waals surface area contributed by atoms with Crippen LogP contribution >= 0.6 is 11.3 Å². The van der Waals surface area contributed by atoms with Crippen molar-refractivity contribution in [2.24, 2.45) is 0 Å². The smallest absolute Gasteiger partial charge is 0.256 e. The maximum Gasteiger partial charge on any atom is 0.256 e. The number of hydrogen-bond donors (Lipinski definition) is 2. The van der Waals surface area contributed by atoms with Crippen LogP contribution in [0.15, 0.2) is 19.2 Å². The summed E-state index contributed by atoms with van der Waals surface area (Å²) in [6, 6.07) is 0. The summed E-state index contributed by atoms with van der Waals surface area (Å²) in [7, 11) is -3.78. The number of nitrogens with zero attached hydrogens (tertiary/aromatic N) is 1. The van der Waals surface area contributed by atoms with Crippen molar-refractivity contribution in [3.63, 3.8) is 0 Å². The molecule has 1 aromatic heterocycles. The number of nitrogens with one attached hydrogen (secondary N) is 1. The van der Waals surface area contributed by atoms with Gasteiger partial charge in [0.05, 0.1) is 11.4 Å². The highest BCUT2D eigenvalue weighted by Gasteiger charge is 2.29. The van der Waals surface area contributed by atoms with Crippen LogP contribution in [-0.2, 0) is 10.0 Å². The van der Waals surface area contributed by atoms with Crippen molar-refractivity contribution >= 4 is 32.7 Å². The summed E-state index contributed by atoms with van der Waals surface area (Å²) >= 11 is 0.861. The molecule has 0 saturated heterocycles. The number of aromatic hydroxyl groups is 1. The molecule has 0 aliphatic rings. The topological polar surface area (TPSA) is 104 Å². The highest BCUT2D eigenvalue weighted by atomic mass is 32.2. The Balaban J connectivity index is 2.39. The molecule has 0 aliphatic carbocycles. The highest BCUT2D eigenvalue weighted by molar-refractivity contribution is 7.91. The van der Waals surface area contributed by atoms with E-state index >= 15 is 0 Å². The second-order valence-corrected chi connectivity index (χ2v) is 7.67. The monoisotopic (exact) mass is 344 g/mol. The minimum Gasteiger partial charge on any atom is -0.504 e. The zero-order valence-corrected chi connectivity index (χ0v) is 14.0. The Bertz CT molecular complexity index is 871. The van der Waals surface area contributed by atoms with Crippen LogP contribution in [0.4, 0.5) is 11.4 Å². The molecule has 0 radical (unpaired) electrons. The van der Waals surface area contributed by atoms with E-state index in [2.05, 4.69) is 5.32 Å². The van der Waals surface area contributed by atoms with Crippen LogP contribution in [0.25, 0.3) is 0 Å². The number of sulfonamides is 1. The van der Waals surface area contributed by atoms with Crippen LogP contribution in [0.5, 0.6) is 5.75 Å². The van der Waals surface area contributed by atoms with Gasteiger partial charge in [-0.15, -0.1) is 11.3 Å². The molecular formula is C13H16N2O5S2. The second kappa shape index (κ2) is 5.82. The van der Waals surface area contributed by atoms with Gasteiger partial charge in [-0.3, -0.25) is 9.59 Å². The largest absolute Gasteiger partial charge is 0.504 e. The molecule has 0 unspecified atom stereocenters. The summed E-state index contributed by atoms with van der Waals surface area (Å²) in [4.78, 5) is 22.6. The summed E-state index contributed by atoms with van der Waals surface area (Å²) in [6.07, 6.45) is 0. The molecule has 0 fully saturated rings. The van der Waals surface area contributed by atoms with Gasteiger partial charge in [-0.1, -0.05) is 13.8 Å². The Morgan fingerprint density at radius 3 is 2.32 bits per heavy atom. The Kier molecular flexibility index (Phi) is 4.41. The molecule has 2 aromatic rings. The zero-order chi connectivity index (χ0) is 16.7. The molecule has 1 aromatic carbocycles. The van der Waals surface area contributed by atoms with Crippen molar-refractivity contribution in [1.82, 2.24) is 4.31 Å².